The first-order valence-electron chi connectivity index (χ1n) is 2.66. The Morgan fingerprint density at radius 1 is 1.67 bits per heavy atom. The Morgan fingerprint density at radius 3 is 2.33 bits per heavy atom. The van der Waals surface area contributed by atoms with Gasteiger partial charge in [0.25, 0.3) is 0 Å². The Hall–Kier alpha value is -0.120. The monoisotopic (exact) mass is 196 g/mol. The first-order chi connectivity index (χ1) is 3.72. The molecular formula is C5H10BrFN2. The van der Waals surface area contributed by atoms with Crippen molar-refractivity contribution in [2.45, 2.75) is 0 Å². The normalized spacial score (nSPS) is 18.3. The molecule has 0 N–H and O–H groups in total. The minimum absolute atomic E-state index is 0. The van der Waals surface area contributed by atoms with Gasteiger partial charge in [0, 0.05) is 0 Å². The molecule has 0 saturated heterocycles. The van der Waals surface area contributed by atoms with E-state index >= 15 is 0 Å². The number of nitrogens with zero attached hydrogens (tertiary/aromatic N) is 2. The Kier molecular flexibility index (Phi) is 3.11. The summed E-state index contributed by atoms with van der Waals surface area (Å²) in [5.74, 6) is 0. The van der Waals surface area contributed by atoms with Crippen LogP contribution in [0.15, 0.2) is 0 Å². The van der Waals surface area contributed by atoms with Crippen LogP contribution in [-0.4, -0.2) is 42.7 Å². The number of amidine groups is 1. The quantitative estimate of drug-likeness (QED) is 0.294. The van der Waals surface area contributed by atoms with Crippen molar-refractivity contribution in [1.82, 2.24) is 4.90 Å². The standard InChI is InChI=1S/C5H10FN2.BrH/c1-7-3-4-8(2)5(7)6;/h3-4H2,1-2H3;1H/q+1;/p-1. The van der Waals surface area contributed by atoms with Gasteiger partial charge in [0.2, 0.25) is 0 Å². The third-order valence-corrected chi connectivity index (χ3v) is 1.40. The Bertz CT molecular complexity index is 135. The number of halogens is 2. The lowest BCUT2D eigenvalue weighted by Gasteiger charge is -1.94. The molecule has 0 saturated carbocycles. The molecule has 0 aromatic carbocycles. The van der Waals surface area contributed by atoms with Crippen molar-refractivity contribution >= 4 is 6.09 Å². The lowest BCUT2D eigenvalue weighted by molar-refractivity contribution is -0.491. The maximum atomic E-state index is 12.5. The van der Waals surface area contributed by atoms with Gasteiger partial charge in [-0.15, -0.1) is 4.39 Å². The minimum atomic E-state index is -0.120. The second-order valence-corrected chi connectivity index (χ2v) is 2.11. The van der Waals surface area contributed by atoms with Crippen LogP contribution >= 0.6 is 0 Å². The maximum Gasteiger partial charge on any atom is 0.435 e. The van der Waals surface area contributed by atoms with E-state index in [-0.39, 0.29) is 23.1 Å². The minimum Gasteiger partial charge on any atom is -1.00 e. The van der Waals surface area contributed by atoms with Crippen molar-refractivity contribution in [3.8, 4) is 0 Å². The smallest absolute Gasteiger partial charge is 0.435 e. The molecule has 1 rings (SSSR count). The van der Waals surface area contributed by atoms with Crippen molar-refractivity contribution in [2.75, 3.05) is 27.2 Å². The first-order valence-corrected chi connectivity index (χ1v) is 2.66. The van der Waals surface area contributed by atoms with Crippen molar-refractivity contribution < 1.29 is 25.9 Å². The van der Waals surface area contributed by atoms with E-state index in [1.165, 1.54) is 0 Å². The number of hydrogen-bond acceptors (Lipinski definition) is 1. The van der Waals surface area contributed by atoms with Crippen molar-refractivity contribution in [1.29, 1.82) is 0 Å². The molecule has 0 aromatic heterocycles. The predicted octanol–water partition coefficient (Wildman–Crippen LogP) is -3.10. The van der Waals surface area contributed by atoms with E-state index in [1.54, 1.807) is 23.6 Å². The maximum absolute atomic E-state index is 12.5. The van der Waals surface area contributed by atoms with Crippen LogP contribution in [0, 0.1) is 0 Å². The van der Waals surface area contributed by atoms with E-state index in [9.17, 15) is 4.39 Å². The van der Waals surface area contributed by atoms with Gasteiger partial charge in [-0.3, -0.25) is 0 Å². The van der Waals surface area contributed by atoms with Gasteiger partial charge >= 0.3 is 6.09 Å². The van der Waals surface area contributed by atoms with Gasteiger partial charge in [0.1, 0.15) is 13.1 Å². The largest absolute Gasteiger partial charge is 1.00 e. The summed E-state index contributed by atoms with van der Waals surface area (Å²) in [5.41, 5.74) is 0. The molecule has 1 aliphatic heterocycles. The number of likely N-dealkylation sites (N-methyl/N-ethyl adjacent to an activating group) is 2. The zero-order chi connectivity index (χ0) is 6.15. The molecule has 2 nitrogen and oxygen atoms in total. The third-order valence-electron chi connectivity index (χ3n) is 1.40. The van der Waals surface area contributed by atoms with Gasteiger partial charge in [0.15, 0.2) is 0 Å². The van der Waals surface area contributed by atoms with Crippen LogP contribution in [0.4, 0.5) is 4.39 Å². The molecule has 0 atom stereocenters. The fraction of sp³-hybridized carbons (Fsp3) is 0.800. The van der Waals surface area contributed by atoms with Crippen LogP contribution in [-0.2, 0) is 0 Å². The molecule has 0 radical (unpaired) electrons. The number of rotatable bonds is 0. The van der Waals surface area contributed by atoms with Gasteiger partial charge in [-0.2, -0.15) is 0 Å². The van der Waals surface area contributed by atoms with E-state index in [1.807, 2.05) is 0 Å². The van der Waals surface area contributed by atoms with Crippen LogP contribution in [0.3, 0.4) is 0 Å². The highest BCUT2D eigenvalue weighted by atomic mass is 79.9. The third kappa shape index (κ3) is 1.64. The highest BCUT2D eigenvalue weighted by Gasteiger charge is 2.23. The molecule has 9 heavy (non-hydrogen) atoms. The molecule has 54 valence electrons. The summed E-state index contributed by atoms with van der Waals surface area (Å²) < 4.78 is 14.1. The first kappa shape index (κ1) is 8.88. The summed E-state index contributed by atoms with van der Waals surface area (Å²) in [7, 11) is 3.50. The fourth-order valence-electron chi connectivity index (χ4n) is 0.776. The molecule has 0 bridgehead atoms. The second-order valence-electron chi connectivity index (χ2n) is 2.11. The van der Waals surface area contributed by atoms with Crippen LogP contribution in [0.1, 0.15) is 0 Å². The molecule has 0 unspecified atom stereocenters. The lowest BCUT2D eigenvalue weighted by Crippen LogP contribution is -3.00. The second kappa shape index (κ2) is 3.15. The molecule has 0 amide bonds. The van der Waals surface area contributed by atoms with Gasteiger partial charge in [-0.1, -0.05) is 0 Å². The van der Waals surface area contributed by atoms with E-state index in [4.69, 9.17) is 0 Å². The molecule has 1 heterocycles. The summed E-state index contributed by atoms with van der Waals surface area (Å²) in [5, 5.41) is 0. The van der Waals surface area contributed by atoms with E-state index < -0.39 is 0 Å². The Morgan fingerprint density at radius 2 is 2.22 bits per heavy atom. The van der Waals surface area contributed by atoms with Crippen molar-refractivity contribution in [3.63, 3.8) is 0 Å². The Balaban J connectivity index is 0.000000640. The van der Waals surface area contributed by atoms with Crippen LogP contribution in [0.2, 0.25) is 0 Å². The van der Waals surface area contributed by atoms with Gasteiger partial charge in [-0.05, 0) is 0 Å². The summed E-state index contributed by atoms with van der Waals surface area (Å²) in [4.78, 5) is 1.60. The zero-order valence-electron chi connectivity index (χ0n) is 5.56. The predicted molar refractivity (Wildman–Crippen MR) is 29.8 cm³/mol. The Labute approximate surface area is 64.7 Å². The van der Waals surface area contributed by atoms with E-state index in [2.05, 4.69) is 0 Å². The molecule has 1 aliphatic rings. The van der Waals surface area contributed by atoms with Crippen LogP contribution < -0.4 is 17.0 Å². The molecule has 4 heteroatoms. The summed E-state index contributed by atoms with van der Waals surface area (Å²) >= 11 is 0. The molecule has 0 spiro atoms. The summed E-state index contributed by atoms with van der Waals surface area (Å²) in [6.45, 7) is 1.62. The molecule has 0 aliphatic carbocycles. The SMILES string of the molecule is CN1CC[N+](C)=C1F.[Br-]. The van der Waals surface area contributed by atoms with Crippen LogP contribution in [0.5, 0.6) is 0 Å². The zero-order valence-corrected chi connectivity index (χ0v) is 7.15. The van der Waals surface area contributed by atoms with Crippen LogP contribution in [0.25, 0.3) is 0 Å². The van der Waals surface area contributed by atoms with Gasteiger partial charge in [-0.25, -0.2) is 9.48 Å². The highest BCUT2D eigenvalue weighted by molar-refractivity contribution is 5.67. The van der Waals surface area contributed by atoms with E-state index in [0.717, 1.165) is 13.1 Å². The van der Waals surface area contributed by atoms with Gasteiger partial charge < -0.3 is 17.0 Å². The highest BCUT2D eigenvalue weighted by Crippen LogP contribution is 1.95. The van der Waals surface area contributed by atoms with Crippen molar-refractivity contribution in [2.24, 2.45) is 0 Å². The average molecular weight is 197 g/mol. The number of hydrogen-bond donors (Lipinski definition) is 0. The topological polar surface area (TPSA) is 6.25 Å². The summed E-state index contributed by atoms with van der Waals surface area (Å²) in [6.07, 6.45) is -0.120. The van der Waals surface area contributed by atoms with E-state index in [0.29, 0.717) is 0 Å². The lowest BCUT2D eigenvalue weighted by atomic mass is 10.6. The average Bonchev–Trinajstić information content (AvgIpc) is 1.98. The molecule has 0 aromatic rings. The molecule has 0 fully saturated rings. The van der Waals surface area contributed by atoms with Gasteiger partial charge in [0.05, 0.1) is 14.1 Å². The molecular weight excluding hydrogens is 187 g/mol. The summed E-state index contributed by atoms with van der Waals surface area (Å²) in [6, 6.07) is 0. The fourth-order valence-corrected chi connectivity index (χ4v) is 0.776. The van der Waals surface area contributed by atoms with Crippen molar-refractivity contribution in [3.05, 3.63) is 0 Å².